The minimum Gasteiger partial charge on any atom is -0.490 e. The van der Waals surface area contributed by atoms with Crippen molar-refractivity contribution in [3.63, 3.8) is 0 Å². The zero-order valence-corrected chi connectivity index (χ0v) is 15.2. The van der Waals surface area contributed by atoms with Gasteiger partial charge in [-0.05, 0) is 30.2 Å². The molecule has 0 radical (unpaired) electrons. The molecular formula is C20H22N4O3. The Kier molecular flexibility index (Phi) is 6.40. The molecule has 0 saturated carbocycles. The zero-order valence-electron chi connectivity index (χ0n) is 15.2. The maximum absolute atomic E-state index is 12.0. The lowest BCUT2D eigenvalue weighted by Crippen LogP contribution is -2.28. The third-order valence-corrected chi connectivity index (χ3v) is 3.83. The van der Waals surface area contributed by atoms with Crippen LogP contribution in [-0.2, 0) is 17.9 Å². The molecule has 1 amide bonds. The molecule has 1 heterocycles. The number of aromatic nitrogens is 3. The first-order valence-corrected chi connectivity index (χ1v) is 8.76. The Balaban J connectivity index is 1.45. The van der Waals surface area contributed by atoms with Crippen LogP contribution in [0, 0.1) is 0 Å². The number of carbonyl (C=O) groups excluding carboxylic acids is 1. The van der Waals surface area contributed by atoms with Gasteiger partial charge < -0.3 is 14.8 Å². The maximum Gasteiger partial charge on any atom is 0.258 e. The van der Waals surface area contributed by atoms with E-state index in [0.717, 1.165) is 11.1 Å². The number of hydrogen-bond donors (Lipinski definition) is 1. The number of nitrogens with one attached hydrogen (secondary N) is 1. The Bertz CT molecular complexity index is 848. The van der Waals surface area contributed by atoms with Crippen molar-refractivity contribution < 1.29 is 14.3 Å². The van der Waals surface area contributed by atoms with Crippen molar-refractivity contribution in [1.29, 1.82) is 0 Å². The summed E-state index contributed by atoms with van der Waals surface area (Å²) < 4.78 is 12.8. The molecule has 1 N–H and O–H groups in total. The lowest BCUT2D eigenvalue weighted by molar-refractivity contribution is -0.123. The van der Waals surface area contributed by atoms with Gasteiger partial charge in [0.15, 0.2) is 18.1 Å². The standard InChI is InChI=1S/C20H22N4O3/c1-2-26-18-5-3-4-6-19(18)27-13-20(25)22-11-16-7-9-17(10-8-16)12-24-15-21-14-23-24/h3-10,14-15H,2,11-13H2,1H3,(H,22,25). The first-order chi connectivity index (χ1) is 13.2. The Morgan fingerprint density at radius 1 is 1.04 bits per heavy atom. The van der Waals surface area contributed by atoms with Crippen LogP contribution in [0.4, 0.5) is 0 Å². The average Bonchev–Trinajstić information content (AvgIpc) is 3.20. The largest absolute Gasteiger partial charge is 0.490 e. The summed E-state index contributed by atoms with van der Waals surface area (Å²) in [5.41, 5.74) is 2.13. The number of hydrogen-bond acceptors (Lipinski definition) is 5. The fraction of sp³-hybridized carbons (Fsp3) is 0.250. The first kappa shape index (κ1) is 18.4. The zero-order chi connectivity index (χ0) is 18.9. The van der Waals surface area contributed by atoms with Gasteiger partial charge >= 0.3 is 0 Å². The van der Waals surface area contributed by atoms with E-state index in [1.807, 2.05) is 49.4 Å². The molecule has 27 heavy (non-hydrogen) atoms. The quantitative estimate of drug-likeness (QED) is 0.629. The number of rotatable bonds is 9. The Labute approximate surface area is 158 Å². The molecule has 0 spiro atoms. The molecule has 0 fully saturated rings. The fourth-order valence-corrected chi connectivity index (χ4v) is 2.50. The monoisotopic (exact) mass is 366 g/mol. The van der Waals surface area contributed by atoms with E-state index in [4.69, 9.17) is 9.47 Å². The number of para-hydroxylation sites is 2. The van der Waals surface area contributed by atoms with Crippen LogP contribution >= 0.6 is 0 Å². The van der Waals surface area contributed by atoms with E-state index in [2.05, 4.69) is 15.4 Å². The summed E-state index contributed by atoms with van der Waals surface area (Å²) >= 11 is 0. The van der Waals surface area contributed by atoms with Crippen molar-refractivity contribution in [2.75, 3.05) is 13.2 Å². The average molecular weight is 366 g/mol. The Morgan fingerprint density at radius 3 is 2.41 bits per heavy atom. The highest BCUT2D eigenvalue weighted by molar-refractivity contribution is 5.77. The highest BCUT2D eigenvalue weighted by Crippen LogP contribution is 2.26. The minimum atomic E-state index is -0.187. The molecule has 140 valence electrons. The molecule has 0 aliphatic rings. The predicted molar refractivity (Wildman–Crippen MR) is 101 cm³/mol. The van der Waals surface area contributed by atoms with E-state index < -0.39 is 0 Å². The van der Waals surface area contributed by atoms with Crippen LogP contribution in [0.2, 0.25) is 0 Å². The maximum atomic E-state index is 12.0. The molecule has 0 bridgehead atoms. The van der Waals surface area contributed by atoms with Crippen molar-refractivity contribution in [3.8, 4) is 11.5 Å². The van der Waals surface area contributed by atoms with Gasteiger partial charge in [0.05, 0.1) is 13.2 Å². The third-order valence-electron chi connectivity index (χ3n) is 3.83. The second-order valence-electron chi connectivity index (χ2n) is 5.85. The lowest BCUT2D eigenvalue weighted by atomic mass is 10.1. The second-order valence-corrected chi connectivity index (χ2v) is 5.85. The van der Waals surface area contributed by atoms with Crippen LogP contribution in [-0.4, -0.2) is 33.9 Å². The van der Waals surface area contributed by atoms with Gasteiger partial charge in [-0.2, -0.15) is 5.10 Å². The van der Waals surface area contributed by atoms with Crippen molar-refractivity contribution >= 4 is 5.91 Å². The Hall–Kier alpha value is -3.35. The molecule has 1 aromatic heterocycles. The van der Waals surface area contributed by atoms with Gasteiger partial charge in [0.25, 0.3) is 5.91 Å². The summed E-state index contributed by atoms with van der Waals surface area (Å²) in [5, 5.41) is 6.94. The van der Waals surface area contributed by atoms with Crippen molar-refractivity contribution in [3.05, 3.63) is 72.3 Å². The van der Waals surface area contributed by atoms with Gasteiger partial charge in [-0.15, -0.1) is 0 Å². The van der Waals surface area contributed by atoms with Crippen LogP contribution in [0.25, 0.3) is 0 Å². The van der Waals surface area contributed by atoms with Gasteiger partial charge in [0.2, 0.25) is 0 Å². The first-order valence-electron chi connectivity index (χ1n) is 8.76. The summed E-state index contributed by atoms with van der Waals surface area (Å²) in [4.78, 5) is 16.0. The molecule has 0 unspecified atom stereocenters. The highest BCUT2D eigenvalue weighted by atomic mass is 16.5. The van der Waals surface area contributed by atoms with Crippen molar-refractivity contribution in [2.45, 2.75) is 20.0 Å². The third kappa shape index (κ3) is 5.57. The number of amides is 1. The highest BCUT2D eigenvalue weighted by Gasteiger charge is 2.07. The van der Waals surface area contributed by atoms with Gasteiger partial charge in [-0.1, -0.05) is 36.4 Å². The SMILES string of the molecule is CCOc1ccccc1OCC(=O)NCc1ccc(Cn2cncn2)cc1. The van der Waals surface area contributed by atoms with E-state index in [1.165, 1.54) is 6.33 Å². The molecular weight excluding hydrogens is 344 g/mol. The van der Waals surface area contributed by atoms with Crippen molar-refractivity contribution in [2.24, 2.45) is 0 Å². The number of carbonyl (C=O) groups is 1. The van der Waals surface area contributed by atoms with Gasteiger partial charge in [0, 0.05) is 6.54 Å². The lowest BCUT2D eigenvalue weighted by Gasteiger charge is -2.11. The molecule has 0 aliphatic carbocycles. The number of benzene rings is 2. The van der Waals surface area contributed by atoms with Crippen LogP contribution < -0.4 is 14.8 Å². The summed E-state index contributed by atoms with van der Waals surface area (Å²) in [5.74, 6) is 1.01. The van der Waals surface area contributed by atoms with E-state index in [9.17, 15) is 4.79 Å². The van der Waals surface area contributed by atoms with E-state index in [0.29, 0.717) is 31.2 Å². The summed E-state index contributed by atoms with van der Waals surface area (Å²) in [6, 6.07) is 15.3. The molecule has 7 nitrogen and oxygen atoms in total. The minimum absolute atomic E-state index is 0.0610. The van der Waals surface area contributed by atoms with Crippen LogP contribution in [0.15, 0.2) is 61.2 Å². The van der Waals surface area contributed by atoms with E-state index >= 15 is 0 Å². The summed E-state index contributed by atoms with van der Waals surface area (Å²) in [7, 11) is 0. The van der Waals surface area contributed by atoms with Crippen LogP contribution in [0.1, 0.15) is 18.1 Å². The van der Waals surface area contributed by atoms with Crippen LogP contribution in [0.5, 0.6) is 11.5 Å². The molecule has 3 aromatic rings. The van der Waals surface area contributed by atoms with Gasteiger partial charge in [-0.25, -0.2) is 9.67 Å². The smallest absolute Gasteiger partial charge is 0.258 e. The summed E-state index contributed by atoms with van der Waals surface area (Å²) in [6.45, 7) is 3.49. The predicted octanol–water partition coefficient (Wildman–Crippen LogP) is 2.42. The Morgan fingerprint density at radius 2 is 1.74 bits per heavy atom. The molecule has 2 aromatic carbocycles. The van der Waals surface area contributed by atoms with Gasteiger partial charge in [0.1, 0.15) is 12.7 Å². The molecule has 3 rings (SSSR count). The summed E-state index contributed by atoms with van der Waals surface area (Å²) in [6.07, 6.45) is 3.19. The number of ether oxygens (including phenoxy) is 2. The molecule has 0 saturated heterocycles. The van der Waals surface area contributed by atoms with Crippen LogP contribution in [0.3, 0.4) is 0 Å². The molecule has 0 aliphatic heterocycles. The van der Waals surface area contributed by atoms with E-state index in [1.54, 1.807) is 17.1 Å². The number of nitrogens with zero attached hydrogens (tertiary/aromatic N) is 3. The molecule has 0 atom stereocenters. The fourth-order valence-electron chi connectivity index (χ4n) is 2.50. The second kappa shape index (κ2) is 9.38. The normalized spacial score (nSPS) is 10.4. The van der Waals surface area contributed by atoms with Gasteiger partial charge in [-0.3, -0.25) is 4.79 Å². The molecule has 7 heteroatoms. The topological polar surface area (TPSA) is 78.3 Å². The van der Waals surface area contributed by atoms with E-state index in [-0.39, 0.29) is 12.5 Å². The van der Waals surface area contributed by atoms with Crippen molar-refractivity contribution in [1.82, 2.24) is 20.1 Å².